The van der Waals surface area contributed by atoms with Crippen LogP contribution in [0.5, 0.6) is 0 Å². The number of amides is 2. The Labute approximate surface area is 433 Å². The molecule has 0 radical (unpaired) electrons. The molecule has 25 heteroatoms. The van der Waals surface area contributed by atoms with Gasteiger partial charge in [0.15, 0.2) is 57.9 Å². The van der Waals surface area contributed by atoms with Gasteiger partial charge in [-0.05, 0) is 46.0 Å². The maximum Gasteiger partial charge on any atom is 0.410 e. The Balaban J connectivity index is 0.000000184. The van der Waals surface area contributed by atoms with Gasteiger partial charge in [0.1, 0.15) is 49.3 Å². The molecule has 4 fully saturated rings. The second kappa shape index (κ2) is 21.7. The van der Waals surface area contributed by atoms with Crippen LogP contribution in [0.2, 0.25) is 0 Å². The Morgan fingerprint density at radius 3 is 1.47 bits per heavy atom. The van der Waals surface area contributed by atoms with Crippen molar-refractivity contribution < 1.29 is 53.3 Å². The lowest BCUT2D eigenvalue weighted by Crippen LogP contribution is -2.43. The summed E-state index contributed by atoms with van der Waals surface area (Å²) in [6.07, 6.45) is 1.37. The summed E-state index contributed by atoms with van der Waals surface area (Å²) in [6.45, 7) is 20.3. The zero-order valence-electron chi connectivity index (χ0n) is 43.9. The molecule has 0 unspecified atom stereocenters. The first-order valence-corrected chi connectivity index (χ1v) is 25.8. The average molecular weight is 1040 g/mol. The van der Waals surface area contributed by atoms with Crippen LogP contribution in [-0.4, -0.2) is 160 Å². The molecule has 4 aliphatic rings. The number of imidazole rings is 2. The molecule has 0 aromatic carbocycles. The highest BCUT2D eigenvalue weighted by Crippen LogP contribution is 2.43. The Hall–Kier alpha value is -6.38. The molecule has 4 aliphatic heterocycles. The number of fused-ring (bicyclic) bond motifs is 2. The van der Waals surface area contributed by atoms with Crippen LogP contribution in [0.15, 0.2) is 46.5 Å². The largest absolute Gasteiger partial charge is 0.447 e. The number of rotatable bonds is 11. The summed E-state index contributed by atoms with van der Waals surface area (Å²) in [5.74, 6) is 2.03. The Morgan fingerprint density at radius 2 is 1.08 bits per heavy atom. The molecule has 6 aromatic rings. The van der Waals surface area contributed by atoms with E-state index in [1.807, 2.05) is 67.2 Å². The molecule has 75 heavy (non-hydrogen) atoms. The molecule has 8 atom stereocenters. The maximum atomic E-state index is 12.2. The van der Waals surface area contributed by atoms with Gasteiger partial charge in [0.25, 0.3) is 0 Å². The van der Waals surface area contributed by atoms with Crippen molar-refractivity contribution in [3.8, 4) is 0 Å². The van der Waals surface area contributed by atoms with E-state index in [1.54, 1.807) is 26.2 Å². The van der Waals surface area contributed by atoms with Gasteiger partial charge in [-0.2, -0.15) is 0 Å². The number of nitrogens with zero attached hydrogens (tertiary/aromatic N) is 12. The molecule has 10 rings (SSSR count). The van der Waals surface area contributed by atoms with Gasteiger partial charge in [-0.25, -0.2) is 34.7 Å². The molecule has 0 bridgehead atoms. The lowest BCUT2D eigenvalue weighted by Gasteiger charge is -2.32. The third-order valence-electron chi connectivity index (χ3n) is 14.0. The predicted octanol–water partition coefficient (Wildman–Crippen LogP) is 4.83. The van der Waals surface area contributed by atoms with Gasteiger partial charge in [-0.3, -0.25) is 13.9 Å². The molecule has 0 spiro atoms. The van der Waals surface area contributed by atoms with Crippen molar-refractivity contribution >= 4 is 46.0 Å². The Morgan fingerprint density at radius 1 is 0.653 bits per heavy atom. The van der Waals surface area contributed by atoms with Crippen LogP contribution in [-0.2, 0) is 29.8 Å². The first kappa shape index (κ1) is 53.4. The van der Waals surface area contributed by atoms with E-state index in [2.05, 4.69) is 50.9 Å². The fourth-order valence-electron chi connectivity index (χ4n) is 9.60. The monoisotopic (exact) mass is 1040 g/mol. The van der Waals surface area contributed by atoms with Crippen molar-refractivity contribution in [1.29, 1.82) is 0 Å². The molecule has 6 aromatic heterocycles. The molecule has 6 N–H and O–H groups in total. The number of piperidine rings is 2. The van der Waals surface area contributed by atoms with Gasteiger partial charge in [0, 0.05) is 67.6 Å². The second-order valence-corrected chi connectivity index (χ2v) is 22.1. The minimum Gasteiger partial charge on any atom is -0.447 e. The normalized spacial score (nSPS) is 25.0. The zero-order valence-corrected chi connectivity index (χ0v) is 43.9. The van der Waals surface area contributed by atoms with Crippen LogP contribution < -0.4 is 10.6 Å². The van der Waals surface area contributed by atoms with Crippen molar-refractivity contribution in [2.24, 2.45) is 0 Å². The number of ether oxygens (including phenoxy) is 3. The molecule has 25 nitrogen and oxygen atoms in total. The number of carbonyl (C=O) groups is 2. The summed E-state index contributed by atoms with van der Waals surface area (Å²) >= 11 is 0. The fourth-order valence-corrected chi connectivity index (χ4v) is 9.60. The topological polar surface area (TPSA) is 313 Å². The van der Waals surface area contributed by atoms with Gasteiger partial charge in [-0.1, -0.05) is 58.8 Å². The highest BCUT2D eigenvalue weighted by molar-refractivity contribution is 5.84. The van der Waals surface area contributed by atoms with Gasteiger partial charge in [-0.15, -0.1) is 0 Å². The van der Waals surface area contributed by atoms with Crippen LogP contribution >= 0.6 is 0 Å². The zero-order chi connectivity index (χ0) is 53.5. The van der Waals surface area contributed by atoms with E-state index in [9.17, 15) is 30.0 Å². The van der Waals surface area contributed by atoms with Crippen molar-refractivity contribution in [3.63, 3.8) is 0 Å². The van der Waals surface area contributed by atoms with Crippen LogP contribution in [0.4, 0.5) is 16.4 Å². The molecule has 2 amide bonds. The highest BCUT2D eigenvalue weighted by atomic mass is 16.6. The molecule has 0 saturated carbocycles. The van der Waals surface area contributed by atoms with Crippen LogP contribution in [0.25, 0.3) is 22.3 Å². The SMILES string of the molecule is CC(C)OC(=O)N1CCC(Nc2ncnc3c2ncn3[C@@H]2O[C@H](c3cc(C(C)(C)C)no3)[C@@H](O)[C@H]2O)CC1.CCCC(=O)N1CCC(Nc2ncnc3c2ncn3[C@@H]2O[C@H](c3cc(C(C)(C)C)no3)[C@@H](O)[C@H]2O)CC1. The standard InChI is InChI=1S/C25H35N7O6.C25H35N7O5/c1-13(2)36-24(35)31-8-6-14(7-9-31)29-21-17-22(27-11-26-21)32(12-28-17)23-19(34)18(33)20(37-23)15-10-16(30-38-15)25(3,4)5;1-5-6-17(33)31-9-7-14(8-10-31)29-22-18-23(27-12-26-22)32(13-28-18)24-20(35)19(34)21(36-24)15-11-16(30-37-15)25(2,3)4/h10-14,18-20,23,33-34H,6-9H2,1-5H3,(H,26,27,29);11-14,19-21,24,34-35H,5-10H2,1-4H3,(H,26,27,29)/t18-,19+,20+,23+;19-,20+,21+,24+/m00/s1. The van der Waals surface area contributed by atoms with E-state index in [0.29, 0.717) is 78.1 Å². The number of hydrogen-bond acceptors (Lipinski definition) is 21. The lowest BCUT2D eigenvalue weighted by atomic mass is 9.92. The summed E-state index contributed by atoms with van der Waals surface area (Å²) in [4.78, 5) is 54.5. The van der Waals surface area contributed by atoms with Gasteiger partial charge < -0.3 is 64.1 Å². The number of aliphatic hydroxyl groups excluding tert-OH is 4. The third kappa shape index (κ3) is 11.3. The Kier molecular flexibility index (Phi) is 15.5. The van der Waals surface area contributed by atoms with Crippen molar-refractivity contribution in [1.82, 2.24) is 59.2 Å². The first-order valence-electron chi connectivity index (χ1n) is 25.8. The van der Waals surface area contributed by atoms with Crippen molar-refractivity contribution in [3.05, 3.63) is 60.4 Å². The molecule has 4 saturated heterocycles. The fraction of sp³-hybridized carbons (Fsp3) is 0.640. The second-order valence-electron chi connectivity index (χ2n) is 22.1. The van der Waals surface area contributed by atoms with Crippen molar-refractivity contribution in [2.75, 3.05) is 36.8 Å². The lowest BCUT2D eigenvalue weighted by molar-refractivity contribution is -0.132. The molecule has 406 valence electrons. The number of aromatic nitrogens is 10. The number of hydrogen-bond donors (Lipinski definition) is 6. The minimum absolute atomic E-state index is 0.0874. The van der Waals surface area contributed by atoms with E-state index >= 15 is 0 Å². The molecular formula is C50H70N14O11. The third-order valence-corrected chi connectivity index (χ3v) is 14.0. The Bertz CT molecular complexity index is 2910. The maximum absolute atomic E-state index is 12.2. The summed E-state index contributed by atoms with van der Waals surface area (Å²) in [5, 5.41) is 58.3. The van der Waals surface area contributed by atoms with Crippen molar-refractivity contribution in [2.45, 2.75) is 179 Å². The van der Waals surface area contributed by atoms with Gasteiger partial charge >= 0.3 is 6.09 Å². The number of likely N-dealkylation sites (tertiary alicyclic amines) is 2. The summed E-state index contributed by atoms with van der Waals surface area (Å²) in [7, 11) is 0. The molecule has 0 aliphatic carbocycles. The molecular weight excluding hydrogens is 973 g/mol. The number of nitrogens with one attached hydrogen (secondary N) is 2. The van der Waals surface area contributed by atoms with Crippen LogP contribution in [0.3, 0.4) is 0 Å². The van der Waals surface area contributed by atoms with Crippen LogP contribution in [0.1, 0.15) is 148 Å². The minimum atomic E-state index is -1.25. The van der Waals surface area contributed by atoms with Crippen LogP contribution in [0, 0.1) is 0 Å². The number of aliphatic hydroxyl groups is 4. The predicted molar refractivity (Wildman–Crippen MR) is 269 cm³/mol. The average Bonchev–Trinajstić information content (AvgIpc) is 4.26. The number of anilines is 2. The quantitative estimate of drug-likeness (QED) is 0.101. The summed E-state index contributed by atoms with van der Waals surface area (Å²) in [6, 6.07) is 3.73. The van der Waals surface area contributed by atoms with E-state index in [0.717, 1.165) is 43.5 Å². The van der Waals surface area contributed by atoms with Gasteiger partial charge in [0.05, 0.1) is 30.1 Å². The highest BCUT2D eigenvalue weighted by Gasteiger charge is 2.49. The van der Waals surface area contributed by atoms with E-state index in [1.165, 1.54) is 25.3 Å². The smallest absolute Gasteiger partial charge is 0.410 e. The first-order chi connectivity index (χ1) is 35.7. The molecule has 10 heterocycles. The van der Waals surface area contributed by atoms with Gasteiger partial charge in [0.2, 0.25) is 5.91 Å². The summed E-state index contributed by atoms with van der Waals surface area (Å²) < 4.78 is 31.5. The van der Waals surface area contributed by atoms with E-state index < -0.39 is 49.1 Å². The number of carbonyl (C=O) groups excluding carboxylic acids is 2. The van der Waals surface area contributed by atoms with E-state index in [-0.39, 0.29) is 41.0 Å². The van der Waals surface area contributed by atoms with E-state index in [4.69, 9.17) is 23.3 Å². The summed E-state index contributed by atoms with van der Waals surface area (Å²) in [5.41, 5.74) is 2.95.